The van der Waals surface area contributed by atoms with Crippen LogP contribution in [0.4, 0.5) is 0 Å². The number of nitrogens with zero attached hydrogens (tertiary/aromatic N) is 3. The summed E-state index contributed by atoms with van der Waals surface area (Å²) in [4.78, 5) is 88.1. The van der Waals surface area contributed by atoms with Crippen LogP contribution < -0.4 is 21.0 Å². The van der Waals surface area contributed by atoms with E-state index in [1.165, 1.54) is 34.6 Å². The second kappa shape index (κ2) is 46.9. The molecule has 29 nitrogen and oxygen atoms in total. The third kappa shape index (κ3) is 26.7. The third-order valence-corrected chi connectivity index (χ3v) is 26.5. The van der Waals surface area contributed by atoms with E-state index in [1.807, 2.05) is 219 Å². The van der Waals surface area contributed by atoms with Gasteiger partial charge in [-0.1, -0.05) is 251 Å². The molecule has 4 aliphatic heterocycles. The first-order valence-electron chi connectivity index (χ1n) is 41.9. The molecule has 4 heterocycles. The predicted octanol–water partition coefficient (Wildman–Crippen LogP) is 11.5. The molecule has 0 bridgehead atoms. The van der Waals surface area contributed by atoms with Gasteiger partial charge in [0, 0.05) is 59.6 Å². The van der Waals surface area contributed by atoms with Crippen molar-refractivity contribution >= 4 is 54.4 Å². The van der Waals surface area contributed by atoms with E-state index in [-0.39, 0.29) is 52.9 Å². The quantitative estimate of drug-likeness (QED) is 0.00682. The summed E-state index contributed by atoms with van der Waals surface area (Å²) in [6, 6.07) is 63.9. The van der Waals surface area contributed by atoms with Crippen LogP contribution in [0.25, 0.3) is 10.4 Å². The summed E-state index contributed by atoms with van der Waals surface area (Å²) < 4.78 is 125. The average Bonchev–Trinajstić information content (AvgIpc) is 0.743. The summed E-state index contributed by atoms with van der Waals surface area (Å²) in [5.41, 5.74) is 13.0. The Bertz CT molecular complexity index is 4420. The maximum atomic E-state index is 14.5. The van der Waals surface area contributed by atoms with Gasteiger partial charge in [0.2, 0.25) is 11.8 Å². The maximum Gasteiger partial charge on any atom is 0.303 e. The Labute approximate surface area is 719 Å². The lowest BCUT2D eigenvalue weighted by Gasteiger charge is -2.52. The van der Waals surface area contributed by atoms with Gasteiger partial charge in [-0.25, -0.2) is 0 Å². The Morgan fingerprint density at radius 1 is 0.382 bits per heavy atom. The van der Waals surface area contributed by atoms with E-state index in [1.54, 1.807) is 0 Å². The molecule has 123 heavy (non-hydrogen) atoms. The molecule has 7 aromatic carbocycles. The lowest BCUT2D eigenvalue weighted by atomic mass is 9.93. The molecule has 0 unspecified atom stereocenters. The summed E-state index contributed by atoms with van der Waals surface area (Å²) in [6.07, 6.45) is -23.8. The summed E-state index contributed by atoms with van der Waals surface area (Å²) in [5, 5.41) is 10.6. The molecule has 30 heteroatoms. The van der Waals surface area contributed by atoms with Crippen molar-refractivity contribution in [2.45, 2.75) is 256 Å². The maximum absolute atomic E-state index is 14.5. The molecule has 2 amide bonds. The standard InChI is InChI=1S/C93H115N5O24Si/c1-60-79(108-54-69-40-24-15-25-41-69)85(109-55-70-42-26-16-27-43-70)87(110-56-71-44-28-17-29-45-71)91(112-60)120-81-75(58-106-53-68-38-22-14-23-39-68)118-90(78(97-62(3)100)84(81)115-65(6)103)122-86-82(113-63(4)101)76(59-111-123(93(8,9)10,72-46-30-18-31-47-72)73-48-32-19-33-49-73)119-92(88(86)116-66(7)104)121-80-74(57-105-52-67-36-20-13-21-37-67)117-89(107-51-35-12-11-34-50-95-98-94)77(96-61(2)99)83(80)114-64(5)102/h13-33,36-49,60,74-92H,11-12,34-35,50-59H2,1-10H3,(H,96,99)(H,97,100)/t60-,74+,75+,76+,77+,78+,79+,80+,81+,82-,83+,84+,85+,86-,87-,88+,89+,90-,91-,92-/m0/s1. The van der Waals surface area contributed by atoms with E-state index >= 15 is 0 Å². The monoisotopic (exact) mass is 1710 g/mol. The summed E-state index contributed by atoms with van der Waals surface area (Å²) in [6.45, 7) is 14.8. The van der Waals surface area contributed by atoms with Crippen molar-refractivity contribution in [2.24, 2.45) is 5.11 Å². The largest absolute Gasteiger partial charge is 0.457 e. The zero-order valence-corrected chi connectivity index (χ0v) is 72.3. The number of carbonyl (C=O) groups excluding carboxylic acids is 6. The van der Waals surface area contributed by atoms with Crippen LogP contribution in [0.15, 0.2) is 217 Å². The molecule has 0 spiro atoms. The number of esters is 4. The smallest absolute Gasteiger partial charge is 0.303 e. The lowest BCUT2D eigenvalue weighted by molar-refractivity contribution is -0.380. The molecule has 0 aromatic heterocycles. The fourth-order valence-electron chi connectivity index (χ4n) is 16.1. The molecule has 660 valence electrons. The van der Waals surface area contributed by atoms with Crippen LogP contribution in [0.2, 0.25) is 5.04 Å². The van der Waals surface area contributed by atoms with E-state index in [2.05, 4.69) is 41.4 Å². The van der Waals surface area contributed by atoms with Gasteiger partial charge in [0.05, 0.1) is 59.0 Å². The minimum Gasteiger partial charge on any atom is -0.457 e. The molecule has 2 N–H and O–H groups in total. The van der Waals surface area contributed by atoms with Gasteiger partial charge in [-0.15, -0.1) is 0 Å². The number of amides is 2. The highest BCUT2D eigenvalue weighted by Gasteiger charge is 2.61. The Morgan fingerprint density at radius 3 is 1.17 bits per heavy atom. The average molecular weight is 1720 g/mol. The van der Waals surface area contributed by atoms with Crippen molar-refractivity contribution in [2.75, 3.05) is 33.0 Å². The van der Waals surface area contributed by atoms with Gasteiger partial charge in [-0.2, -0.15) is 0 Å². The van der Waals surface area contributed by atoms with Gasteiger partial charge >= 0.3 is 23.9 Å². The lowest BCUT2D eigenvalue weighted by Crippen LogP contribution is -2.72. The number of unbranched alkanes of at least 4 members (excludes halogenated alkanes) is 3. The van der Waals surface area contributed by atoms with Crippen molar-refractivity contribution < 1.29 is 114 Å². The number of hydrogen-bond acceptors (Lipinski definition) is 25. The van der Waals surface area contributed by atoms with E-state index in [4.69, 9.17) is 90.5 Å². The second-order valence-corrected chi connectivity index (χ2v) is 36.2. The van der Waals surface area contributed by atoms with Crippen molar-refractivity contribution in [1.82, 2.24) is 10.6 Å². The van der Waals surface area contributed by atoms with Gasteiger partial charge < -0.3 is 95.6 Å². The van der Waals surface area contributed by atoms with E-state index in [9.17, 15) is 28.8 Å². The molecule has 20 atom stereocenters. The Kier molecular flexibility index (Phi) is 35.8. The second-order valence-electron chi connectivity index (χ2n) is 31.9. The van der Waals surface area contributed by atoms with Gasteiger partial charge in [-0.3, -0.25) is 28.8 Å². The van der Waals surface area contributed by atoms with Crippen LogP contribution >= 0.6 is 0 Å². The first-order chi connectivity index (χ1) is 59.5. The minimum atomic E-state index is -3.66. The Morgan fingerprint density at radius 2 is 0.740 bits per heavy atom. The minimum absolute atomic E-state index is 0.00534. The fraction of sp³-hybridized carbons (Fsp3) is 0.484. The van der Waals surface area contributed by atoms with E-state index < -0.39 is 178 Å². The van der Waals surface area contributed by atoms with Crippen LogP contribution in [0.3, 0.4) is 0 Å². The van der Waals surface area contributed by atoms with Crippen molar-refractivity contribution in [3.8, 4) is 0 Å². The van der Waals surface area contributed by atoms with E-state index in [0.29, 0.717) is 32.2 Å². The molecule has 4 fully saturated rings. The molecule has 0 aliphatic carbocycles. The topological polar surface area (TPSA) is 341 Å². The third-order valence-electron chi connectivity index (χ3n) is 21.5. The summed E-state index contributed by atoms with van der Waals surface area (Å²) in [7, 11) is -3.66. The SMILES string of the molecule is CC(=O)N[C@H]1[C@H](O[C@H]2[C@@H](OC(C)=O)[C@@H](CO[Si](c3ccccc3)(c3ccccc3)C(C)(C)C)O[C@@H](O[C@H]3[C@H](OC(C)=O)[C@@H](NC(C)=O)[C@H](OCCCCCCN=[N+]=[N-])O[C@@H]3COCc3ccccc3)[C@@H]2OC(C)=O)O[C@H](COCc2ccccc2)[C@@H](O[C@@H]2O[C@@H](C)[C@@H](OCc3ccccc3)[C@@H](OCc3ccccc3)[C@@H]2OCc2ccccc2)[C@@H]1OC(C)=O. The number of azide groups is 1. The molecular weight excluding hydrogens is 1600 g/mol. The number of nitrogens with one attached hydrogen (secondary N) is 2. The van der Waals surface area contributed by atoms with Crippen molar-refractivity contribution in [3.05, 3.63) is 251 Å². The highest BCUT2D eigenvalue weighted by atomic mass is 28.4. The summed E-state index contributed by atoms with van der Waals surface area (Å²) in [5.74, 6) is -4.74. The van der Waals surface area contributed by atoms with Crippen LogP contribution in [0.5, 0.6) is 0 Å². The molecular formula is C93H115N5O24Si. The number of benzene rings is 7. The Hall–Kier alpha value is -9.67. The highest BCUT2D eigenvalue weighted by Crippen LogP contribution is 2.43. The number of ether oxygens (including phenoxy) is 17. The Balaban J connectivity index is 1.06. The van der Waals surface area contributed by atoms with Gasteiger partial charge in [-0.05, 0) is 68.5 Å². The first-order valence-corrected chi connectivity index (χ1v) is 43.8. The fourth-order valence-corrected chi connectivity index (χ4v) is 20.6. The van der Waals surface area contributed by atoms with Crippen LogP contribution in [-0.2, 0) is 147 Å². The summed E-state index contributed by atoms with van der Waals surface area (Å²) >= 11 is 0. The van der Waals surface area contributed by atoms with Crippen LogP contribution in [0.1, 0.15) is 123 Å². The highest BCUT2D eigenvalue weighted by molar-refractivity contribution is 6.99. The zero-order valence-electron chi connectivity index (χ0n) is 71.3. The number of hydrogen-bond donors (Lipinski definition) is 2. The van der Waals surface area contributed by atoms with Crippen LogP contribution in [-0.4, -0.2) is 200 Å². The molecule has 0 radical (unpaired) electrons. The van der Waals surface area contributed by atoms with Gasteiger partial charge in [0.1, 0.15) is 67.0 Å². The number of rotatable bonds is 42. The van der Waals surface area contributed by atoms with Crippen molar-refractivity contribution in [1.29, 1.82) is 0 Å². The van der Waals surface area contributed by atoms with Crippen LogP contribution in [0, 0.1) is 0 Å². The predicted molar refractivity (Wildman–Crippen MR) is 452 cm³/mol. The molecule has 11 rings (SSSR count). The normalized spacial score (nSPS) is 26.5. The van der Waals surface area contributed by atoms with E-state index in [0.717, 1.165) is 45.1 Å². The molecule has 4 aliphatic rings. The van der Waals surface area contributed by atoms with Crippen molar-refractivity contribution in [3.63, 3.8) is 0 Å². The number of carbonyl (C=O) groups is 6. The zero-order chi connectivity index (χ0) is 87.3. The van der Waals surface area contributed by atoms with Gasteiger partial charge in [0.15, 0.2) is 49.6 Å². The first kappa shape index (κ1) is 94.0. The van der Waals surface area contributed by atoms with Gasteiger partial charge in [0.25, 0.3) is 8.32 Å². The molecule has 0 saturated carbocycles. The molecule has 4 saturated heterocycles. The molecule has 7 aromatic rings.